The Hall–Kier alpha value is -2.09. The van der Waals surface area contributed by atoms with E-state index in [4.69, 9.17) is 0 Å². The van der Waals surface area contributed by atoms with Crippen molar-refractivity contribution in [2.45, 2.75) is 46.5 Å². The molecule has 0 fully saturated rings. The Labute approximate surface area is 139 Å². The summed E-state index contributed by atoms with van der Waals surface area (Å²) in [5.41, 5.74) is 5.63. The minimum absolute atomic E-state index is 0.0290. The lowest BCUT2D eigenvalue weighted by atomic mass is 10.0. The third kappa shape index (κ3) is 4.95. The molecule has 0 atom stereocenters. The van der Waals surface area contributed by atoms with Crippen molar-refractivity contribution in [3.05, 3.63) is 70.3 Å². The normalized spacial score (nSPS) is 10.8. The highest BCUT2D eigenvalue weighted by molar-refractivity contribution is 5.95. The van der Waals surface area contributed by atoms with Crippen molar-refractivity contribution in [1.82, 2.24) is 5.32 Å². The Morgan fingerprint density at radius 3 is 2.39 bits per heavy atom. The molecule has 0 aliphatic heterocycles. The van der Waals surface area contributed by atoms with Gasteiger partial charge >= 0.3 is 0 Å². The molecule has 2 aromatic rings. The topological polar surface area (TPSA) is 29.1 Å². The quantitative estimate of drug-likeness (QED) is 0.764. The van der Waals surface area contributed by atoms with Crippen LogP contribution in [0.25, 0.3) is 0 Å². The third-order valence-electron chi connectivity index (χ3n) is 4.21. The van der Waals surface area contributed by atoms with Crippen LogP contribution in [0.1, 0.15) is 58.8 Å². The average molecular weight is 309 g/mol. The number of hydrogen-bond acceptors (Lipinski definition) is 1. The van der Waals surface area contributed by atoms with E-state index in [0.717, 1.165) is 29.5 Å². The molecule has 2 aromatic carbocycles. The van der Waals surface area contributed by atoms with Crippen LogP contribution in [0.4, 0.5) is 0 Å². The number of rotatable bonds is 6. The molecule has 1 N–H and O–H groups in total. The third-order valence-corrected chi connectivity index (χ3v) is 4.21. The van der Waals surface area contributed by atoms with Gasteiger partial charge in [-0.15, -0.1) is 0 Å². The van der Waals surface area contributed by atoms with Crippen LogP contribution in [0.15, 0.2) is 42.5 Å². The molecule has 2 nitrogen and oxygen atoms in total. The first-order chi connectivity index (χ1) is 11.0. The summed E-state index contributed by atoms with van der Waals surface area (Å²) < 4.78 is 0. The molecule has 122 valence electrons. The maximum absolute atomic E-state index is 12.2. The molecular formula is C21H27NO. The van der Waals surface area contributed by atoms with Crippen LogP contribution in [-0.2, 0) is 6.42 Å². The lowest BCUT2D eigenvalue weighted by Gasteiger charge is -2.09. The van der Waals surface area contributed by atoms with Crippen molar-refractivity contribution in [2.24, 2.45) is 0 Å². The molecule has 0 saturated heterocycles. The van der Waals surface area contributed by atoms with Gasteiger partial charge in [0.15, 0.2) is 0 Å². The molecule has 0 spiro atoms. The van der Waals surface area contributed by atoms with Crippen LogP contribution in [0, 0.1) is 13.8 Å². The van der Waals surface area contributed by atoms with E-state index in [2.05, 4.69) is 43.4 Å². The van der Waals surface area contributed by atoms with Crippen LogP contribution in [0.3, 0.4) is 0 Å². The molecule has 0 aromatic heterocycles. The Bertz CT molecular complexity index is 656. The first kappa shape index (κ1) is 17.3. The minimum atomic E-state index is 0.0290. The van der Waals surface area contributed by atoms with E-state index in [1.807, 2.05) is 32.0 Å². The van der Waals surface area contributed by atoms with Crippen LogP contribution in [-0.4, -0.2) is 12.5 Å². The minimum Gasteiger partial charge on any atom is -0.352 e. The van der Waals surface area contributed by atoms with E-state index < -0.39 is 0 Å². The van der Waals surface area contributed by atoms with Crippen molar-refractivity contribution in [3.63, 3.8) is 0 Å². The van der Waals surface area contributed by atoms with Gasteiger partial charge in [-0.1, -0.05) is 55.8 Å². The summed E-state index contributed by atoms with van der Waals surface area (Å²) in [7, 11) is 0. The molecule has 0 heterocycles. The second kappa shape index (κ2) is 7.96. The first-order valence-corrected chi connectivity index (χ1v) is 8.41. The second-order valence-electron chi connectivity index (χ2n) is 6.57. The molecule has 0 aliphatic carbocycles. The highest BCUT2D eigenvalue weighted by Crippen LogP contribution is 2.15. The molecule has 0 unspecified atom stereocenters. The van der Waals surface area contributed by atoms with Gasteiger partial charge in [0, 0.05) is 12.1 Å². The summed E-state index contributed by atoms with van der Waals surface area (Å²) in [5.74, 6) is 0.599. The average Bonchev–Trinajstić information content (AvgIpc) is 2.54. The number of nitrogens with one attached hydrogen (secondary N) is 1. The highest BCUT2D eigenvalue weighted by Gasteiger charge is 2.08. The predicted octanol–water partition coefficient (Wildman–Crippen LogP) is 4.79. The van der Waals surface area contributed by atoms with Crippen molar-refractivity contribution in [2.75, 3.05) is 6.54 Å². The fourth-order valence-corrected chi connectivity index (χ4v) is 2.64. The van der Waals surface area contributed by atoms with Gasteiger partial charge in [0.05, 0.1) is 0 Å². The number of benzene rings is 2. The predicted molar refractivity (Wildman–Crippen MR) is 97.1 cm³/mol. The first-order valence-electron chi connectivity index (χ1n) is 8.41. The Kier molecular flexibility index (Phi) is 5.97. The SMILES string of the molecule is Cc1ccc(C)c(C(=O)NCCCc2ccc(C(C)C)cc2)c1. The maximum Gasteiger partial charge on any atom is 0.251 e. The van der Waals surface area contributed by atoms with Gasteiger partial charge in [-0.3, -0.25) is 4.79 Å². The Balaban J connectivity index is 1.81. The van der Waals surface area contributed by atoms with Crippen molar-refractivity contribution in [3.8, 4) is 0 Å². The fraction of sp³-hybridized carbons (Fsp3) is 0.381. The van der Waals surface area contributed by atoms with E-state index in [1.54, 1.807) is 0 Å². The lowest BCUT2D eigenvalue weighted by Crippen LogP contribution is -2.25. The van der Waals surface area contributed by atoms with Crippen LogP contribution in [0.2, 0.25) is 0 Å². The molecule has 23 heavy (non-hydrogen) atoms. The van der Waals surface area contributed by atoms with Gasteiger partial charge in [0.1, 0.15) is 0 Å². The van der Waals surface area contributed by atoms with E-state index >= 15 is 0 Å². The van der Waals surface area contributed by atoms with E-state index in [-0.39, 0.29) is 5.91 Å². The standard InChI is InChI=1S/C21H27NO/c1-15(2)19-11-9-18(10-12-19)6-5-13-22-21(23)20-14-16(3)7-8-17(20)4/h7-12,14-15H,5-6,13H2,1-4H3,(H,22,23). The summed E-state index contributed by atoms with van der Waals surface area (Å²) >= 11 is 0. The Morgan fingerprint density at radius 2 is 1.74 bits per heavy atom. The van der Waals surface area contributed by atoms with Crippen molar-refractivity contribution in [1.29, 1.82) is 0 Å². The molecular weight excluding hydrogens is 282 g/mol. The Morgan fingerprint density at radius 1 is 1.04 bits per heavy atom. The molecule has 2 rings (SSSR count). The van der Waals surface area contributed by atoms with Crippen molar-refractivity contribution >= 4 is 5.91 Å². The number of amides is 1. The monoisotopic (exact) mass is 309 g/mol. The zero-order valence-corrected chi connectivity index (χ0v) is 14.6. The fourth-order valence-electron chi connectivity index (χ4n) is 2.64. The molecule has 2 heteroatoms. The molecule has 0 saturated carbocycles. The summed E-state index contributed by atoms with van der Waals surface area (Å²) in [6, 6.07) is 14.8. The van der Waals surface area contributed by atoms with Crippen LogP contribution >= 0.6 is 0 Å². The number of carbonyl (C=O) groups is 1. The van der Waals surface area contributed by atoms with Crippen molar-refractivity contribution < 1.29 is 4.79 Å². The van der Waals surface area contributed by atoms with Gasteiger partial charge in [-0.2, -0.15) is 0 Å². The summed E-state index contributed by atoms with van der Waals surface area (Å²) in [6.07, 6.45) is 1.95. The van der Waals surface area contributed by atoms with Gasteiger partial charge in [0.2, 0.25) is 0 Å². The molecule has 1 amide bonds. The van der Waals surface area contributed by atoms with Gasteiger partial charge < -0.3 is 5.32 Å². The zero-order valence-electron chi connectivity index (χ0n) is 14.6. The second-order valence-corrected chi connectivity index (χ2v) is 6.57. The summed E-state index contributed by atoms with van der Waals surface area (Å²) in [5, 5.41) is 3.03. The zero-order chi connectivity index (χ0) is 16.8. The van der Waals surface area contributed by atoms with Crippen LogP contribution in [0.5, 0.6) is 0 Å². The summed E-state index contributed by atoms with van der Waals surface area (Å²) in [4.78, 5) is 12.2. The van der Waals surface area contributed by atoms with Crippen LogP contribution < -0.4 is 5.32 Å². The van der Waals surface area contributed by atoms with Gasteiger partial charge in [-0.05, 0) is 55.4 Å². The molecule has 0 radical (unpaired) electrons. The lowest BCUT2D eigenvalue weighted by molar-refractivity contribution is 0.0952. The number of aryl methyl sites for hydroxylation is 3. The van der Waals surface area contributed by atoms with E-state index in [9.17, 15) is 4.79 Å². The smallest absolute Gasteiger partial charge is 0.251 e. The number of carbonyl (C=O) groups excluding carboxylic acids is 1. The highest BCUT2D eigenvalue weighted by atomic mass is 16.1. The van der Waals surface area contributed by atoms with E-state index in [1.165, 1.54) is 11.1 Å². The van der Waals surface area contributed by atoms with E-state index in [0.29, 0.717) is 12.5 Å². The maximum atomic E-state index is 12.2. The molecule has 0 bridgehead atoms. The molecule has 0 aliphatic rings. The van der Waals surface area contributed by atoms with Gasteiger partial charge in [-0.25, -0.2) is 0 Å². The van der Waals surface area contributed by atoms with Gasteiger partial charge in [0.25, 0.3) is 5.91 Å². The largest absolute Gasteiger partial charge is 0.352 e. The summed E-state index contributed by atoms with van der Waals surface area (Å²) in [6.45, 7) is 9.11. The number of hydrogen-bond donors (Lipinski definition) is 1.